The molecular weight excluding hydrogens is 511 g/mol. The van der Waals surface area contributed by atoms with E-state index in [1.807, 2.05) is 12.1 Å². The number of aryl methyl sites for hydroxylation is 1. The number of anilines is 1. The van der Waals surface area contributed by atoms with E-state index in [0.29, 0.717) is 33.8 Å². The van der Waals surface area contributed by atoms with Gasteiger partial charge in [-0.25, -0.2) is 15.0 Å². The highest BCUT2D eigenvalue weighted by atomic mass is 127. The molecule has 3 aromatic rings. The smallest absolute Gasteiger partial charge is 0.229 e. The van der Waals surface area contributed by atoms with Crippen molar-refractivity contribution in [2.45, 2.75) is 38.1 Å². The normalized spacial score (nSPS) is 29.1. The van der Waals surface area contributed by atoms with E-state index in [4.69, 9.17) is 0 Å². The van der Waals surface area contributed by atoms with Gasteiger partial charge in [0.15, 0.2) is 20.8 Å². The summed E-state index contributed by atoms with van der Waals surface area (Å²) in [4.78, 5) is 26.0. The van der Waals surface area contributed by atoms with Crippen molar-refractivity contribution in [2.24, 2.45) is 11.3 Å². The predicted octanol–water partition coefficient (Wildman–Crippen LogP) is 1.38. The molecule has 9 nitrogen and oxygen atoms in total. The highest BCUT2D eigenvalue weighted by Gasteiger charge is 2.75. The number of hydrogen-bond acceptors (Lipinski definition) is 7. The van der Waals surface area contributed by atoms with Crippen LogP contribution in [0.15, 0.2) is 30.6 Å². The number of amides is 1. The summed E-state index contributed by atoms with van der Waals surface area (Å²) in [5, 5.41) is 27.4. The van der Waals surface area contributed by atoms with Crippen molar-refractivity contribution >= 4 is 45.5 Å². The average Bonchev–Trinajstić information content (AvgIpc) is 3.29. The van der Waals surface area contributed by atoms with Gasteiger partial charge in [-0.05, 0) is 18.9 Å². The van der Waals surface area contributed by atoms with Crippen LogP contribution in [0, 0.1) is 22.1 Å². The van der Waals surface area contributed by atoms with Gasteiger partial charge in [-0.1, -0.05) is 29.8 Å². The molecule has 2 heterocycles. The predicted molar refractivity (Wildman–Crippen MR) is 122 cm³/mol. The molecule has 2 saturated carbocycles. The number of imidazole rings is 1. The van der Waals surface area contributed by atoms with Gasteiger partial charge in [0.2, 0.25) is 5.91 Å². The number of nitrogens with zero attached hydrogens (tertiary/aromatic N) is 4. The second-order valence-electron chi connectivity index (χ2n) is 8.36. The van der Waals surface area contributed by atoms with Crippen LogP contribution in [0.3, 0.4) is 0 Å². The Balaban J connectivity index is 1.49. The molecule has 31 heavy (non-hydrogen) atoms. The van der Waals surface area contributed by atoms with Crippen molar-refractivity contribution in [3.05, 3.63) is 45.6 Å². The van der Waals surface area contributed by atoms with Crippen LogP contribution >= 0.6 is 22.6 Å². The summed E-state index contributed by atoms with van der Waals surface area (Å²) >= 11 is 2.06. The molecule has 0 bridgehead atoms. The first kappa shape index (κ1) is 20.6. The SMILES string of the molecule is CNC(=O)[C@]12C[C@@H]1[C@@H](n1cnc3c(NCc4cccc(C)c4)nc(I)nc31)[C@@H](O)C2O. The maximum atomic E-state index is 12.4. The number of rotatable bonds is 5. The Morgan fingerprint density at radius 1 is 1.35 bits per heavy atom. The first-order chi connectivity index (χ1) is 14.9. The molecule has 0 saturated heterocycles. The first-order valence-electron chi connectivity index (χ1n) is 10.1. The van der Waals surface area contributed by atoms with Crippen LogP contribution in [0.5, 0.6) is 0 Å². The first-order valence-corrected chi connectivity index (χ1v) is 11.2. The number of aromatic nitrogens is 4. The van der Waals surface area contributed by atoms with Gasteiger partial charge in [0.1, 0.15) is 6.10 Å². The molecular formula is C21H23IN6O3. The van der Waals surface area contributed by atoms with Gasteiger partial charge < -0.3 is 25.4 Å². The van der Waals surface area contributed by atoms with E-state index in [2.05, 4.69) is 67.2 Å². The van der Waals surface area contributed by atoms with Crippen LogP contribution in [-0.4, -0.2) is 54.9 Å². The van der Waals surface area contributed by atoms with Crippen molar-refractivity contribution < 1.29 is 15.0 Å². The Hall–Kier alpha value is -2.31. The minimum atomic E-state index is -1.13. The van der Waals surface area contributed by atoms with Crippen molar-refractivity contribution in [1.29, 1.82) is 0 Å². The minimum absolute atomic E-state index is 0.175. The molecule has 5 atom stereocenters. The van der Waals surface area contributed by atoms with Gasteiger partial charge in [-0.2, -0.15) is 0 Å². The zero-order chi connectivity index (χ0) is 21.9. The van der Waals surface area contributed by atoms with Gasteiger partial charge in [0.05, 0.1) is 23.9 Å². The summed E-state index contributed by atoms with van der Waals surface area (Å²) in [6.07, 6.45) is -0.0633. The highest BCUT2D eigenvalue weighted by Crippen LogP contribution is 2.67. The zero-order valence-corrected chi connectivity index (χ0v) is 19.2. The number of aliphatic hydroxyl groups is 2. The van der Waals surface area contributed by atoms with Gasteiger partial charge >= 0.3 is 0 Å². The van der Waals surface area contributed by atoms with Gasteiger partial charge in [0.25, 0.3) is 0 Å². The minimum Gasteiger partial charge on any atom is -0.389 e. The maximum absolute atomic E-state index is 12.4. The van der Waals surface area contributed by atoms with Gasteiger partial charge in [0, 0.05) is 42.1 Å². The maximum Gasteiger partial charge on any atom is 0.229 e. The topological polar surface area (TPSA) is 125 Å². The van der Waals surface area contributed by atoms with E-state index in [-0.39, 0.29) is 11.8 Å². The Morgan fingerprint density at radius 2 is 2.16 bits per heavy atom. The number of fused-ring (bicyclic) bond motifs is 2. The Bertz CT molecular complexity index is 1180. The molecule has 10 heteroatoms. The zero-order valence-electron chi connectivity index (χ0n) is 17.1. The van der Waals surface area contributed by atoms with Crippen molar-refractivity contribution in [3.8, 4) is 0 Å². The molecule has 2 aromatic heterocycles. The lowest BCUT2D eigenvalue weighted by molar-refractivity contribution is -0.132. The fraction of sp³-hybridized carbons (Fsp3) is 0.429. The highest BCUT2D eigenvalue weighted by molar-refractivity contribution is 14.1. The Morgan fingerprint density at radius 3 is 2.90 bits per heavy atom. The summed E-state index contributed by atoms with van der Waals surface area (Å²) in [7, 11) is 1.55. The summed E-state index contributed by atoms with van der Waals surface area (Å²) in [6, 6.07) is 7.74. The summed E-state index contributed by atoms with van der Waals surface area (Å²) in [6.45, 7) is 2.64. The monoisotopic (exact) mass is 534 g/mol. The van der Waals surface area contributed by atoms with Crippen LogP contribution in [0.4, 0.5) is 5.82 Å². The van der Waals surface area contributed by atoms with Gasteiger partial charge in [-0.3, -0.25) is 4.79 Å². The van der Waals surface area contributed by atoms with Crippen LogP contribution in [0.2, 0.25) is 0 Å². The van der Waals surface area contributed by atoms with Gasteiger partial charge in [-0.15, -0.1) is 0 Å². The van der Waals surface area contributed by atoms with Crippen molar-refractivity contribution in [3.63, 3.8) is 0 Å². The Labute approximate surface area is 192 Å². The lowest BCUT2D eigenvalue weighted by Crippen LogP contribution is -2.41. The second kappa shape index (κ2) is 7.38. The molecule has 2 aliphatic carbocycles. The third-order valence-electron chi connectivity index (χ3n) is 6.58. The number of carbonyl (C=O) groups is 1. The molecule has 1 aromatic carbocycles. The quantitative estimate of drug-likeness (QED) is 0.288. The number of hydrogen-bond donors (Lipinski definition) is 4. The second-order valence-corrected chi connectivity index (χ2v) is 9.33. The molecule has 4 N–H and O–H groups in total. The Kier molecular flexibility index (Phi) is 4.90. The number of aliphatic hydroxyl groups excluding tert-OH is 2. The van der Waals surface area contributed by atoms with Crippen LogP contribution in [-0.2, 0) is 11.3 Å². The summed E-state index contributed by atoms with van der Waals surface area (Å²) in [5.41, 5.74) is 2.53. The lowest BCUT2D eigenvalue weighted by Gasteiger charge is -2.23. The fourth-order valence-electron chi connectivity index (χ4n) is 5.03. The van der Waals surface area contributed by atoms with Crippen molar-refractivity contribution in [2.75, 3.05) is 12.4 Å². The van der Waals surface area contributed by atoms with E-state index in [9.17, 15) is 15.0 Å². The van der Waals surface area contributed by atoms with E-state index in [0.717, 1.165) is 5.56 Å². The number of nitrogens with one attached hydrogen (secondary N) is 2. The molecule has 162 valence electrons. The van der Waals surface area contributed by atoms with E-state index in [1.165, 1.54) is 5.56 Å². The molecule has 1 amide bonds. The largest absolute Gasteiger partial charge is 0.389 e. The number of carbonyl (C=O) groups excluding carboxylic acids is 1. The molecule has 2 aliphatic rings. The van der Waals surface area contributed by atoms with E-state index in [1.54, 1.807) is 17.9 Å². The fourth-order valence-corrected chi connectivity index (χ4v) is 5.50. The molecule has 0 spiro atoms. The number of halogens is 1. The van der Waals surface area contributed by atoms with E-state index >= 15 is 0 Å². The third kappa shape index (κ3) is 3.11. The molecule has 1 unspecified atom stereocenters. The molecule has 5 rings (SSSR count). The molecule has 0 radical (unpaired) electrons. The van der Waals surface area contributed by atoms with Crippen LogP contribution in [0.1, 0.15) is 23.6 Å². The molecule has 0 aliphatic heterocycles. The lowest BCUT2D eigenvalue weighted by atomic mass is 9.98. The van der Waals surface area contributed by atoms with E-state index < -0.39 is 23.7 Å². The van der Waals surface area contributed by atoms with Crippen LogP contribution in [0.25, 0.3) is 11.2 Å². The number of benzene rings is 1. The standard InChI is InChI=1S/C21H23IN6O3/c1-10-4-3-5-11(6-10)8-24-17-13-18(27-20(22)26-17)28(9-25-13)14-12-7-21(12,19(31)23-2)16(30)15(14)29/h3-6,9,12,14-16,29-30H,7-8H2,1-2H3,(H,23,31)(H,24,26,27)/t12-,14-,15-,16?,21-/m1/s1. The third-order valence-corrected chi connectivity index (χ3v) is 7.06. The van der Waals surface area contributed by atoms with Crippen molar-refractivity contribution in [1.82, 2.24) is 24.8 Å². The van der Waals surface area contributed by atoms with Crippen LogP contribution < -0.4 is 10.6 Å². The summed E-state index contributed by atoms with van der Waals surface area (Å²) < 4.78 is 2.33. The molecule has 2 fully saturated rings. The summed E-state index contributed by atoms with van der Waals surface area (Å²) in [5.74, 6) is 0.197. The average molecular weight is 534 g/mol.